The summed E-state index contributed by atoms with van der Waals surface area (Å²) in [6.45, 7) is 2.98. The zero-order chi connectivity index (χ0) is 17.0. The summed E-state index contributed by atoms with van der Waals surface area (Å²) in [7, 11) is 0. The number of hydrogen-bond acceptors (Lipinski definition) is 3. The minimum absolute atomic E-state index is 0.0334. The summed E-state index contributed by atoms with van der Waals surface area (Å²) >= 11 is 0. The molecule has 0 aromatic rings. The van der Waals surface area contributed by atoms with Gasteiger partial charge in [0, 0.05) is 33.1 Å². The Morgan fingerprint density at radius 3 is 2.13 bits per heavy atom. The fourth-order valence-corrected chi connectivity index (χ4v) is 3.51. The average molecular weight is 339 g/mol. The van der Waals surface area contributed by atoms with Crippen LogP contribution in [0.15, 0.2) is 0 Å². The summed E-state index contributed by atoms with van der Waals surface area (Å²) in [5.41, 5.74) is 0. The molecular formula is C15H25F4N3O. The van der Waals surface area contributed by atoms with Crippen LogP contribution in [0.4, 0.5) is 17.7 Å². The van der Waals surface area contributed by atoms with Gasteiger partial charge in [-0.05, 0) is 44.6 Å². The number of carbonyl (C=O) groups is 1. The van der Waals surface area contributed by atoms with Crippen LogP contribution < -0.4 is 0 Å². The van der Waals surface area contributed by atoms with Crippen LogP contribution in [0, 0.1) is 5.92 Å². The second-order valence-electron chi connectivity index (χ2n) is 6.59. The molecule has 134 valence electrons. The average Bonchev–Trinajstić information content (AvgIpc) is 2.52. The predicted molar refractivity (Wildman–Crippen MR) is 78.1 cm³/mol. The maximum Gasteiger partial charge on any atom is 0.460 e. The van der Waals surface area contributed by atoms with E-state index in [0.29, 0.717) is 41.9 Å². The number of alkyl halides is 3. The molecule has 0 atom stereocenters. The van der Waals surface area contributed by atoms with Gasteiger partial charge < -0.3 is 4.90 Å². The Morgan fingerprint density at radius 2 is 1.65 bits per heavy atom. The van der Waals surface area contributed by atoms with Crippen molar-refractivity contribution in [1.82, 2.24) is 14.9 Å². The van der Waals surface area contributed by atoms with E-state index in [9.17, 15) is 22.4 Å². The Bertz CT molecular complexity index is 389. The van der Waals surface area contributed by atoms with E-state index in [2.05, 4.69) is 4.90 Å². The van der Waals surface area contributed by atoms with Crippen LogP contribution in [-0.4, -0.2) is 65.9 Å². The second-order valence-corrected chi connectivity index (χ2v) is 6.59. The third-order valence-electron chi connectivity index (χ3n) is 5.02. The second kappa shape index (κ2) is 7.79. The summed E-state index contributed by atoms with van der Waals surface area (Å²) < 4.78 is 51.2. The largest absolute Gasteiger partial charge is 0.460 e. The minimum atomic E-state index is -4.22. The molecule has 4 nitrogen and oxygen atoms in total. The lowest BCUT2D eigenvalue weighted by Gasteiger charge is -2.37. The molecule has 1 amide bonds. The van der Waals surface area contributed by atoms with Crippen LogP contribution in [0.1, 0.15) is 39.0 Å². The monoisotopic (exact) mass is 339 g/mol. The van der Waals surface area contributed by atoms with Crippen LogP contribution in [0.25, 0.3) is 0 Å². The van der Waals surface area contributed by atoms with Crippen molar-refractivity contribution in [2.75, 3.05) is 32.7 Å². The fourth-order valence-electron chi connectivity index (χ4n) is 3.51. The van der Waals surface area contributed by atoms with E-state index in [1.165, 1.54) is 6.92 Å². The van der Waals surface area contributed by atoms with Crippen LogP contribution in [0.2, 0.25) is 0 Å². The molecule has 2 aliphatic rings. The number of amides is 1. The summed E-state index contributed by atoms with van der Waals surface area (Å²) in [4.78, 5) is 13.7. The number of piperazine rings is 1. The van der Waals surface area contributed by atoms with E-state index in [0.717, 1.165) is 25.8 Å². The molecule has 1 aliphatic carbocycles. The molecule has 0 aromatic carbocycles. The summed E-state index contributed by atoms with van der Waals surface area (Å²) in [6.07, 6.45) is -0.197. The van der Waals surface area contributed by atoms with Gasteiger partial charge in [-0.3, -0.25) is 4.79 Å². The highest BCUT2D eigenvalue weighted by atomic mass is 19.4. The molecule has 0 radical (unpaired) electrons. The molecule has 0 bridgehead atoms. The van der Waals surface area contributed by atoms with Gasteiger partial charge in [-0.1, -0.05) is 4.48 Å². The molecule has 0 unspecified atom stereocenters. The summed E-state index contributed by atoms with van der Waals surface area (Å²) in [5.74, 6) is -0.0664. The normalized spacial score (nSPS) is 27.9. The Labute approximate surface area is 134 Å². The highest BCUT2D eigenvalue weighted by molar-refractivity contribution is 5.72. The summed E-state index contributed by atoms with van der Waals surface area (Å²) in [6, 6.07) is -0.306. The van der Waals surface area contributed by atoms with E-state index in [4.69, 9.17) is 0 Å². The fraction of sp³-hybridized carbons (Fsp3) is 0.933. The first kappa shape index (κ1) is 18.4. The molecule has 8 heteroatoms. The van der Waals surface area contributed by atoms with Crippen molar-refractivity contribution >= 4 is 5.91 Å². The predicted octanol–water partition coefficient (Wildman–Crippen LogP) is 2.81. The molecule has 1 heterocycles. The van der Waals surface area contributed by atoms with Gasteiger partial charge in [0.1, 0.15) is 0 Å². The van der Waals surface area contributed by atoms with E-state index in [1.54, 1.807) is 0 Å². The quantitative estimate of drug-likeness (QED) is 0.448. The molecule has 1 saturated carbocycles. The lowest BCUT2D eigenvalue weighted by Crippen LogP contribution is -2.52. The molecule has 0 N–H and O–H groups in total. The van der Waals surface area contributed by atoms with Gasteiger partial charge in [-0.15, -0.1) is 0 Å². The molecule has 2 rings (SSSR count). The number of carbonyl (C=O) groups excluding carboxylic acids is 1. The molecule has 2 fully saturated rings. The van der Waals surface area contributed by atoms with Crippen molar-refractivity contribution in [2.45, 2.75) is 51.4 Å². The molecule has 0 spiro atoms. The van der Waals surface area contributed by atoms with Gasteiger partial charge in [-0.2, -0.15) is 18.3 Å². The highest BCUT2D eigenvalue weighted by Crippen LogP contribution is 2.30. The van der Waals surface area contributed by atoms with Crippen molar-refractivity contribution in [1.29, 1.82) is 0 Å². The van der Waals surface area contributed by atoms with E-state index >= 15 is 0 Å². The third-order valence-corrected chi connectivity index (χ3v) is 5.02. The maximum absolute atomic E-state index is 13.5. The Balaban J connectivity index is 1.64. The zero-order valence-corrected chi connectivity index (χ0v) is 13.5. The van der Waals surface area contributed by atoms with E-state index < -0.39 is 12.2 Å². The first-order valence-corrected chi connectivity index (χ1v) is 8.27. The number of hydrogen-bond donors (Lipinski definition) is 0. The topological polar surface area (TPSA) is 26.8 Å². The number of rotatable bonds is 4. The van der Waals surface area contributed by atoms with Crippen molar-refractivity contribution in [3.8, 4) is 0 Å². The first-order chi connectivity index (χ1) is 10.8. The lowest BCUT2D eigenvalue weighted by molar-refractivity contribution is -0.252. The molecule has 1 aliphatic heterocycles. The van der Waals surface area contributed by atoms with Crippen molar-refractivity contribution < 1.29 is 22.4 Å². The minimum Gasteiger partial charge on any atom is -0.301 e. The van der Waals surface area contributed by atoms with Crippen LogP contribution in [-0.2, 0) is 4.79 Å². The third kappa shape index (κ3) is 5.31. The van der Waals surface area contributed by atoms with Crippen LogP contribution in [0.3, 0.4) is 0 Å². The zero-order valence-electron chi connectivity index (χ0n) is 13.5. The number of halogens is 4. The molecular weight excluding hydrogens is 314 g/mol. The SMILES string of the molecule is CC(=O)N(F)C1CCC(CCN2CCN(C(F)(F)F)CC2)CC1. The number of nitrogens with zero attached hydrogens (tertiary/aromatic N) is 3. The maximum atomic E-state index is 13.5. The molecule has 1 saturated heterocycles. The van der Waals surface area contributed by atoms with Crippen LogP contribution >= 0.6 is 0 Å². The van der Waals surface area contributed by atoms with Crippen LogP contribution in [0.5, 0.6) is 0 Å². The Hall–Kier alpha value is -0.890. The molecule has 0 aromatic heterocycles. The highest BCUT2D eigenvalue weighted by Gasteiger charge is 2.38. The standard InChI is InChI=1S/C15H25F4N3O/c1-12(23)22(19)14-4-2-13(3-5-14)6-7-20-8-10-21(11-9-20)15(16,17)18/h13-14H,2-11H2,1H3. The van der Waals surface area contributed by atoms with Gasteiger partial charge in [-0.25, -0.2) is 4.90 Å². The lowest BCUT2D eigenvalue weighted by atomic mass is 9.84. The van der Waals surface area contributed by atoms with Gasteiger partial charge in [0.05, 0.1) is 6.04 Å². The first-order valence-electron chi connectivity index (χ1n) is 8.27. The van der Waals surface area contributed by atoms with Gasteiger partial charge in [0.2, 0.25) is 5.91 Å². The van der Waals surface area contributed by atoms with Gasteiger partial charge in [0.15, 0.2) is 0 Å². The molecule has 23 heavy (non-hydrogen) atoms. The van der Waals surface area contributed by atoms with Crippen molar-refractivity contribution in [3.63, 3.8) is 0 Å². The smallest absolute Gasteiger partial charge is 0.301 e. The van der Waals surface area contributed by atoms with Crippen molar-refractivity contribution in [2.24, 2.45) is 5.92 Å². The van der Waals surface area contributed by atoms with Gasteiger partial charge >= 0.3 is 6.30 Å². The summed E-state index contributed by atoms with van der Waals surface area (Å²) in [5, 5.41) is 0.340. The Morgan fingerprint density at radius 1 is 1.09 bits per heavy atom. The van der Waals surface area contributed by atoms with E-state index in [1.807, 2.05) is 0 Å². The Kier molecular flexibility index (Phi) is 6.25. The van der Waals surface area contributed by atoms with Gasteiger partial charge in [0.25, 0.3) is 0 Å². The van der Waals surface area contributed by atoms with Crippen molar-refractivity contribution in [3.05, 3.63) is 0 Å². The van der Waals surface area contributed by atoms with E-state index in [-0.39, 0.29) is 19.1 Å².